The van der Waals surface area contributed by atoms with Crippen LogP contribution >= 0.6 is 24.0 Å². The van der Waals surface area contributed by atoms with Crippen molar-refractivity contribution in [2.75, 3.05) is 26.2 Å². The van der Waals surface area contributed by atoms with Gasteiger partial charge in [-0.05, 0) is 37.1 Å². The van der Waals surface area contributed by atoms with Crippen LogP contribution in [0.4, 0.5) is 0 Å². The maximum Gasteiger partial charge on any atom is 0.137 e. The lowest BCUT2D eigenvalue weighted by atomic mass is 10.0. The second-order valence-corrected chi connectivity index (χ2v) is 6.15. The van der Waals surface area contributed by atoms with Crippen LogP contribution in [-0.4, -0.2) is 40.5 Å². The maximum absolute atomic E-state index is 6.00. The van der Waals surface area contributed by atoms with E-state index >= 15 is 0 Å². The Labute approximate surface area is 129 Å². The van der Waals surface area contributed by atoms with Crippen molar-refractivity contribution in [3.8, 4) is 0 Å². The number of fused-ring (bicyclic) bond motifs is 2. The molecule has 4 nitrogen and oxygen atoms in total. The molecule has 2 aliphatic heterocycles. The number of pyridine rings is 1. The van der Waals surface area contributed by atoms with Gasteiger partial charge in [0.1, 0.15) is 5.65 Å². The second-order valence-electron chi connectivity index (χ2n) is 5.72. The molecule has 2 atom stereocenters. The Hall–Kier alpha value is -0.810. The van der Waals surface area contributed by atoms with Gasteiger partial charge in [-0.15, -0.1) is 12.4 Å². The van der Waals surface area contributed by atoms with Crippen molar-refractivity contribution in [3.05, 3.63) is 35.2 Å². The summed E-state index contributed by atoms with van der Waals surface area (Å²) in [5.41, 5.74) is 2.11. The highest BCUT2D eigenvalue weighted by molar-refractivity contribution is 6.30. The van der Waals surface area contributed by atoms with Crippen molar-refractivity contribution in [2.24, 2.45) is 11.8 Å². The molecule has 2 fully saturated rings. The summed E-state index contributed by atoms with van der Waals surface area (Å²) in [6, 6.07) is 3.86. The molecule has 0 aliphatic carbocycles. The molecule has 4 heterocycles. The number of nitrogens with zero attached hydrogens (tertiary/aromatic N) is 3. The fourth-order valence-corrected chi connectivity index (χ4v) is 3.57. The standard InChI is InChI=1S/C14H17ClN4.ClH/c15-12-1-2-14-17-13(9-19(14)7-12)8-18-5-10-3-16-4-11(10)6-18;/h1-2,7,9-11,16H,3-6,8H2;1H/t10-,11+;. The maximum atomic E-state index is 6.00. The molecule has 6 heteroatoms. The molecular weight excluding hydrogens is 295 g/mol. The minimum absolute atomic E-state index is 0. The van der Waals surface area contributed by atoms with Gasteiger partial charge in [-0.3, -0.25) is 4.90 Å². The molecule has 2 aliphatic rings. The van der Waals surface area contributed by atoms with Gasteiger partial charge < -0.3 is 9.72 Å². The lowest BCUT2D eigenvalue weighted by Crippen LogP contribution is -2.25. The molecule has 2 aromatic heterocycles. The third-order valence-corrected chi connectivity index (χ3v) is 4.54. The van der Waals surface area contributed by atoms with Crippen molar-refractivity contribution >= 4 is 29.7 Å². The molecule has 0 amide bonds. The molecule has 0 spiro atoms. The fourth-order valence-electron chi connectivity index (χ4n) is 3.40. The Morgan fingerprint density at radius 2 is 1.95 bits per heavy atom. The minimum Gasteiger partial charge on any atom is -0.316 e. The average molecular weight is 313 g/mol. The molecule has 2 aromatic rings. The fraction of sp³-hybridized carbons (Fsp3) is 0.500. The number of imidazole rings is 1. The Bertz CT molecular complexity index is 600. The third kappa shape index (κ3) is 2.53. The summed E-state index contributed by atoms with van der Waals surface area (Å²) in [7, 11) is 0. The predicted octanol–water partition coefficient (Wildman–Crippen LogP) is 2.06. The monoisotopic (exact) mass is 312 g/mol. The number of hydrogen-bond acceptors (Lipinski definition) is 3. The van der Waals surface area contributed by atoms with E-state index in [1.54, 1.807) is 0 Å². The van der Waals surface area contributed by atoms with Crippen LogP contribution in [0, 0.1) is 11.8 Å². The molecule has 0 bridgehead atoms. The molecule has 2 saturated heterocycles. The van der Waals surface area contributed by atoms with Crippen LogP contribution in [0.1, 0.15) is 5.69 Å². The van der Waals surface area contributed by atoms with Crippen LogP contribution in [0.25, 0.3) is 5.65 Å². The summed E-state index contributed by atoms with van der Waals surface area (Å²) < 4.78 is 2.01. The first-order chi connectivity index (χ1) is 9.28. The number of nitrogens with one attached hydrogen (secondary N) is 1. The van der Waals surface area contributed by atoms with Crippen LogP contribution < -0.4 is 5.32 Å². The Kier molecular flexibility index (Phi) is 3.91. The number of hydrogen-bond donors (Lipinski definition) is 1. The van der Waals surface area contributed by atoms with E-state index in [0.29, 0.717) is 0 Å². The minimum atomic E-state index is 0. The van der Waals surface area contributed by atoms with E-state index in [4.69, 9.17) is 11.6 Å². The first kappa shape index (κ1) is 14.1. The summed E-state index contributed by atoms with van der Waals surface area (Å²) in [5.74, 6) is 1.68. The summed E-state index contributed by atoms with van der Waals surface area (Å²) in [6.07, 6.45) is 4.00. The first-order valence-corrected chi connectivity index (χ1v) is 7.22. The molecule has 4 rings (SSSR count). The average Bonchev–Trinajstić information content (AvgIpc) is 3.01. The smallest absolute Gasteiger partial charge is 0.137 e. The van der Waals surface area contributed by atoms with Crippen LogP contribution in [-0.2, 0) is 6.54 Å². The van der Waals surface area contributed by atoms with E-state index in [9.17, 15) is 0 Å². The van der Waals surface area contributed by atoms with Crippen molar-refractivity contribution in [1.82, 2.24) is 19.6 Å². The molecule has 0 unspecified atom stereocenters. The zero-order chi connectivity index (χ0) is 12.8. The van der Waals surface area contributed by atoms with Gasteiger partial charge in [0.15, 0.2) is 0 Å². The molecule has 0 aromatic carbocycles. The normalized spacial score (nSPS) is 25.9. The van der Waals surface area contributed by atoms with Crippen LogP contribution in [0.3, 0.4) is 0 Å². The molecule has 1 N–H and O–H groups in total. The molecular formula is C14H18Cl2N4. The van der Waals surface area contributed by atoms with Gasteiger partial charge in [-0.25, -0.2) is 4.98 Å². The number of likely N-dealkylation sites (tertiary alicyclic amines) is 1. The van der Waals surface area contributed by atoms with E-state index in [1.807, 2.05) is 22.7 Å². The Balaban J connectivity index is 0.00000121. The summed E-state index contributed by atoms with van der Waals surface area (Å²) in [4.78, 5) is 7.19. The SMILES string of the molecule is Cl.Clc1ccc2nc(CN3C[C@H]4CNC[C@H]4C3)cn2c1. The molecule has 0 saturated carbocycles. The van der Waals surface area contributed by atoms with Crippen LogP contribution in [0.5, 0.6) is 0 Å². The zero-order valence-electron chi connectivity index (χ0n) is 11.1. The van der Waals surface area contributed by atoms with Crippen molar-refractivity contribution in [1.29, 1.82) is 0 Å². The van der Waals surface area contributed by atoms with Crippen molar-refractivity contribution < 1.29 is 0 Å². The van der Waals surface area contributed by atoms with Gasteiger partial charge in [-0.1, -0.05) is 11.6 Å². The highest BCUT2D eigenvalue weighted by Gasteiger charge is 2.35. The van der Waals surface area contributed by atoms with Crippen molar-refractivity contribution in [3.63, 3.8) is 0 Å². The predicted molar refractivity (Wildman–Crippen MR) is 82.6 cm³/mol. The van der Waals surface area contributed by atoms with E-state index in [0.717, 1.165) is 34.7 Å². The van der Waals surface area contributed by atoms with Crippen LogP contribution in [0.15, 0.2) is 24.5 Å². The number of rotatable bonds is 2. The number of aromatic nitrogens is 2. The van der Waals surface area contributed by atoms with Gasteiger partial charge in [0.05, 0.1) is 10.7 Å². The third-order valence-electron chi connectivity index (χ3n) is 4.32. The zero-order valence-corrected chi connectivity index (χ0v) is 12.7. The van der Waals surface area contributed by atoms with E-state index in [2.05, 4.69) is 21.4 Å². The van der Waals surface area contributed by atoms with Gasteiger partial charge in [0.2, 0.25) is 0 Å². The molecule has 108 valence electrons. The Morgan fingerprint density at radius 3 is 2.70 bits per heavy atom. The summed E-state index contributed by atoms with van der Waals surface area (Å²) >= 11 is 6.00. The largest absolute Gasteiger partial charge is 0.316 e. The van der Waals surface area contributed by atoms with E-state index < -0.39 is 0 Å². The molecule has 0 radical (unpaired) electrons. The van der Waals surface area contributed by atoms with E-state index in [1.165, 1.54) is 26.2 Å². The summed E-state index contributed by atoms with van der Waals surface area (Å²) in [6.45, 7) is 5.72. The van der Waals surface area contributed by atoms with E-state index in [-0.39, 0.29) is 12.4 Å². The first-order valence-electron chi connectivity index (χ1n) is 6.84. The Morgan fingerprint density at radius 1 is 1.20 bits per heavy atom. The van der Waals surface area contributed by atoms with Gasteiger partial charge >= 0.3 is 0 Å². The summed E-state index contributed by atoms with van der Waals surface area (Å²) in [5, 5.41) is 4.22. The second kappa shape index (κ2) is 5.53. The van der Waals surface area contributed by atoms with Gasteiger partial charge in [0, 0.05) is 32.0 Å². The lowest BCUT2D eigenvalue weighted by molar-refractivity contribution is 0.302. The van der Waals surface area contributed by atoms with Crippen LogP contribution in [0.2, 0.25) is 5.02 Å². The number of halogens is 2. The highest BCUT2D eigenvalue weighted by atomic mass is 35.5. The quantitative estimate of drug-likeness (QED) is 0.921. The lowest BCUT2D eigenvalue weighted by Gasteiger charge is -2.14. The van der Waals surface area contributed by atoms with Gasteiger partial charge in [-0.2, -0.15) is 0 Å². The van der Waals surface area contributed by atoms with Crippen molar-refractivity contribution in [2.45, 2.75) is 6.54 Å². The topological polar surface area (TPSA) is 32.6 Å². The molecule has 20 heavy (non-hydrogen) atoms. The highest BCUT2D eigenvalue weighted by Crippen LogP contribution is 2.27. The van der Waals surface area contributed by atoms with Gasteiger partial charge in [0.25, 0.3) is 0 Å².